The van der Waals surface area contributed by atoms with Crippen LogP contribution in [0.3, 0.4) is 0 Å². The summed E-state index contributed by atoms with van der Waals surface area (Å²) in [4.78, 5) is 3.08. The smallest absolute Gasteiger partial charge is 0.0618 e. The third kappa shape index (κ3) is 3.33. The number of hydrogen-bond acceptors (Lipinski definition) is 0. The van der Waals surface area contributed by atoms with Crippen LogP contribution in [0.2, 0.25) is 0 Å². The molecule has 0 aromatic heterocycles. The Kier molecular flexibility index (Phi) is 5.42. The maximum atomic E-state index is 2.37. The van der Waals surface area contributed by atoms with E-state index >= 15 is 0 Å². The fourth-order valence-corrected chi connectivity index (χ4v) is 7.94. The predicted molar refractivity (Wildman–Crippen MR) is 118 cm³/mol. The number of hydrogen-bond donors (Lipinski definition) is 0. The van der Waals surface area contributed by atoms with Crippen LogP contribution in [-0.2, 0) is 33.3 Å². The third-order valence-corrected chi connectivity index (χ3v) is 9.83. The van der Waals surface area contributed by atoms with Crippen LogP contribution in [0.5, 0.6) is 0 Å². The van der Waals surface area contributed by atoms with Crippen molar-refractivity contribution < 1.29 is 0 Å². The van der Waals surface area contributed by atoms with Gasteiger partial charge in [0.15, 0.2) is 9.79 Å². The minimum Gasteiger partial charge on any atom is -0.0618 e. The normalized spacial score (nSPS) is 19.2. The number of fused-ring (bicyclic) bond motifs is 4. The molecule has 0 saturated heterocycles. The highest BCUT2D eigenvalue weighted by atomic mass is 32.2. The lowest BCUT2D eigenvalue weighted by molar-refractivity contribution is 1.22. The first kappa shape index (κ1) is 17.8. The Labute approximate surface area is 163 Å². The molecule has 0 radical (unpaired) electrons. The second-order valence-corrected chi connectivity index (χ2v) is 11.2. The molecule has 1 aliphatic heterocycles. The monoisotopic (exact) mass is 378 g/mol. The molecular weight excluding hydrogens is 352 g/mol. The molecule has 3 aromatic carbocycles. The standard InChI is InChI=1S/C24H26S2/c1-3-25-17-19-11-5-6-12-20(19)18-26(4-2)24-16-10-8-14-22(24)21-13-7-9-15-23(21)25/h5-16H,3-4,17-18H2,1-2H3/q+2. The summed E-state index contributed by atoms with van der Waals surface area (Å²) in [6.45, 7) is 4.69. The maximum Gasteiger partial charge on any atom is 0.163 e. The number of benzene rings is 3. The molecule has 1 aliphatic rings. The molecule has 0 N–H and O–H groups in total. The Bertz CT molecular complexity index is 825. The zero-order valence-electron chi connectivity index (χ0n) is 15.6. The Morgan fingerprint density at radius 1 is 0.577 bits per heavy atom. The molecule has 2 heteroatoms. The molecule has 4 rings (SSSR count). The van der Waals surface area contributed by atoms with Gasteiger partial charge in [-0.1, -0.05) is 48.5 Å². The average molecular weight is 379 g/mol. The van der Waals surface area contributed by atoms with E-state index in [2.05, 4.69) is 86.6 Å². The van der Waals surface area contributed by atoms with E-state index in [-0.39, 0.29) is 21.8 Å². The van der Waals surface area contributed by atoms with E-state index in [1.807, 2.05) is 0 Å². The molecule has 2 unspecified atom stereocenters. The third-order valence-electron chi connectivity index (χ3n) is 5.16. The molecule has 0 bridgehead atoms. The SMILES string of the molecule is CC[S+]1Cc2ccccc2C[S+](CC)c2ccccc2-c2ccccc21. The first-order chi connectivity index (χ1) is 12.8. The van der Waals surface area contributed by atoms with Gasteiger partial charge < -0.3 is 0 Å². The quantitative estimate of drug-likeness (QED) is 0.475. The molecule has 0 nitrogen and oxygen atoms in total. The van der Waals surface area contributed by atoms with Crippen LogP contribution in [0.25, 0.3) is 11.1 Å². The lowest BCUT2D eigenvalue weighted by atomic mass is 10.1. The Balaban J connectivity index is 1.98. The van der Waals surface area contributed by atoms with Gasteiger partial charge in [0, 0.05) is 44.0 Å². The summed E-state index contributed by atoms with van der Waals surface area (Å²) in [5.74, 6) is 4.75. The molecule has 0 amide bonds. The van der Waals surface area contributed by atoms with Crippen molar-refractivity contribution in [1.29, 1.82) is 0 Å². The van der Waals surface area contributed by atoms with Gasteiger partial charge in [0.1, 0.15) is 23.0 Å². The molecule has 0 spiro atoms. The van der Waals surface area contributed by atoms with Gasteiger partial charge in [-0.3, -0.25) is 0 Å². The van der Waals surface area contributed by atoms with Crippen LogP contribution >= 0.6 is 0 Å². The van der Waals surface area contributed by atoms with Crippen molar-refractivity contribution in [3.63, 3.8) is 0 Å². The summed E-state index contributed by atoms with van der Waals surface area (Å²) >= 11 is 0. The van der Waals surface area contributed by atoms with E-state index in [1.165, 1.54) is 34.1 Å². The Morgan fingerprint density at radius 2 is 0.962 bits per heavy atom. The minimum atomic E-state index is 0.247. The molecule has 0 saturated carbocycles. The van der Waals surface area contributed by atoms with Crippen molar-refractivity contribution in [1.82, 2.24) is 0 Å². The molecule has 2 atom stereocenters. The van der Waals surface area contributed by atoms with Gasteiger partial charge >= 0.3 is 0 Å². The first-order valence-corrected chi connectivity index (χ1v) is 12.5. The van der Waals surface area contributed by atoms with Crippen molar-refractivity contribution in [2.75, 3.05) is 11.5 Å². The fourth-order valence-electron chi connectivity index (χ4n) is 3.77. The van der Waals surface area contributed by atoms with Gasteiger partial charge in [-0.05, 0) is 38.1 Å². The largest absolute Gasteiger partial charge is 0.163 e. The summed E-state index contributed by atoms with van der Waals surface area (Å²) in [6, 6.07) is 27.4. The highest BCUT2D eigenvalue weighted by Crippen LogP contribution is 2.38. The molecular formula is C24H26S2+2. The highest BCUT2D eigenvalue weighted by Gasteiger charge is 2.32. The molecule has 1 heterocycles. The van der Waals surface area contributed by atoms with Crippen molar-refractivity contribution in [3.05, 3.63) is 83.9 Å². The second kappa shape index (κ2) is 7.94. The van der Waals surface area contributed by atoms with Crippen LogP contribution in [0.4, 0.5) is 0 Å². The van der Waals surface area contributed by atoms with Gasteiger partial charge in [0.25, 0.3) is 0 Å². The predicted octanol–water partition coefficient (Wildman–Crippen LogP) is 6.06. The molecule has 26 heavy (non-hydrogen) atoms. The van der Waals surface area contributed by atoms with Crippen LogP contribution in [0, 0.1) is 0 Å². The topological polar surface area (TPSA) is 0 Å². The Hall–Kier alpha value is -1.64. The average Bonchev–Trinajstić information content (AvgIpc) is 2.71. The summed E-state index contributed by atoms with van der Waals surface area (Å²) in [7, 11) is 0.495. The minimum absolute atomic E-state index is 0.247. The summed E-state index contributed by atoms with van der Waals surface area (Å²) in [5.41, 5.74) is 6.02. The fraction of sp³-hybridized carbons (Fsp3) is 0.250. The number of rotatable bonds is 2. The maximum absolute atomic E-state index is 2.37. The molecule has 0 fully saturated rings. The van der Waals surface area contributed by atoms with E-state index in [9.17, 15) is 0 Å². The van der Waals surface area contributed by atoms with Crippen LogP contribution in [0.1, 0.15) is 25.0 Å². The van der Waals surface area contributed by atoms with E-state index < -0.39 is 0 Å². The van der Waals surface area contributed by atoms with E-state index in [4.69, 9.17) is 0 Å². The van der Waals surface area contributed by atoms with Crippen LogP contribution in [0.15, 0.2) is 82.6 Å². The first-order valence-electron chi connectivity index (χ1n) is 9.42. The van der Waals surface area contributed by atoms with Crippen LogP contribution < -0.4 is 0 Å². The summed E-state index contributed by atoms with van der Waals surface area (Å²) < 4.78 is 0. The zero-order valence-corrected chi connectivity index (χ0v) is 17.2. The van der Waals surface area contributed by atoms with Crippen molar-refractivity contribution in [2.45, 2.75) is 35.1 Å². The lowest BCUT2D eigenvalue weighted by Gasteiger charge is -2.18. The Morgan fingerprint density at radius 3 is 1.38 bits per heavy atom. The second-order valence-electron chi connectivity index (χ2n) is 6.61. The van der Waals surface area contributed by atoms with E-state index in [0.29, 0.717) is 0 Å². The molecule has 3 aromatic rings. The molecule has 132 valence electrons. The zero-order chi connectivity index (χ0) is 17.9. The lowest BCUT2D eigenvalue weighted by Crippen LogP contribution is -2.17. The van der Waals surface area contributed by atoms with Crippen molar-refractivity contribution in [3.8, 4) is 11.1 Å². The van der Waals surface area contributed by atoms with Gasteiger partial charge in [0.2, 0.25) is 0 Å². The van der Waals surface area contributed by atoms with Crippen molar-refractivity contribution in [2.24, 2.45) is 0 Å². The molecule has 0 aliphatic carbocycles. The van der Waals surface area contributed by atoms with E-state index in [1.54, 1.807) is 20.9 Å². The summed E-state index contributed by atoms with van der Waals surface area (Å²) in [6.07, 6.45) is 0. The highest BCUT2D eigenvalue weighted by molar-refractivity contribution is 7.96. The van der Waals surface area contributed by atoms with Gasteiger partial charge in [-0.2, -0.15) is 0 Å². The van der Waals surface area contributed by atoms with Gasteiger partial charge in [-0.25, -0.2) is 0 Å². The van der Waals surface area contributed by atoms with Crippen molar-refractivity contribution >= 4 is 21.8 Å². The summed E-state index contributed by atoms with van der Waals surface area (Å²) in [5, 5.41) is 0. The van der Waals surface area contributed by atoms with Gasteiger partial charge in [0.05, 0.1) is 0 Å². The van der Waals surface area contributed by atoms with Gasteiger partial charge in [-0.15, -0.1) is 0 Å². The van der Waals surface area contributed by atoms with E-state index in [0.717, 1.165) is 0 Å². The van der Waals surface area contributed by atoms with Crippen LogP contribution in [-0.4, -0.2) is 11.5 Å².